The summed E-state index contributed by atoms with van der Waals surface area (Å²) in [4.78, 5) is 0. The van der Waals surface area contributed by atoms with Crippen LogP contribution >= 0.6 is 0 Å². The van der Waals surface area contributed by atoms with E-state index in [1.807, 2.05) is 0 Å². The molecule has 0 amide bonds. The zero-order valence-corrected chi connectivity index (χ0v) is 5.84. The largest absolute Gasteiger partial charge is 0.390 e. The van der Waals surface area contributed by atoms with Gasteiger partial charge in [0.2, 0.25) is 0 Å². The van der Waals surface area contributed by atoms with Gasteiger partial charge < -0.3 is 9.84 Å². The van der Waals surface area contributed by atoms with E-state index < -0.39 is 0 Å². The van der Waals surface area contributed by atoms with Crippen LogP contribution in [0.3, 0.4) is 0 Å². The second kappa shape index (κ2) is 3.18. The first-order valence-electron chi connectivity index (χ1n) is 3.55. The fraction of sp³-hybridized carbons (Fsp3) is 1.00. The Bertz CT molecular complexity index is 83.0. The van der Waals surface area contributed by atoms with Crippen LogP contribution in [-0.2, 0) is 4.74 Å². The molecule has 1 N–H and O–H groups in total. The molecule has 0 aromatic carbocycles. The maximum Gasteiger partial charge on any atom is 0.0830 e. The molecule has 1 fully saturated rings. The quantitative estimate of drug-likeness (QED) is 0.572. The standard InChI is InChI=1S/C7H14O2/c1-9-7-5-3-2-4-6(7)8/h6-8H,2-5H2,1H3/t6-,7+/m0/s1. The van der Waals surface area contributed by atoms with Crippen molar-refractivity contribution >= 4 is 0 Å². The highest BCUT2D eigenvalue weighted by atomic mass is 16.5. The van der Waals surface area contributed by atoms with Crippen LogP contribution in [-0.4, -0.2) is 24.4 Å². The van der Waals surface area contributed by atoms with Crippen LogP contribution in [0.2, 0.25) is 0 Å². The average molecular weight is 130 g/mol. The SMILES string of the molecule is CO[C@@H]1CCCC[C@@H]1O. The number of methoxy groups -OCH3 is 1. The summed E-state index contributed by atoms with van der Waals surface area (Å²) in [7, 11) is 1.67. The predicted octanol–water partition coefficient (Wildman–Crippen LogP) is 0.936. The molecular formula is C7H14O2. The molecule has 0 aromatic rings. The molecule has 0 aromatic heterocycles. The first-order chi connectivity index (χ1) is 4.34. The lowest BCUT2D eigenvalue weighted by Crippen LogP contribution is -2.30. The second-order valence-corrected chi connectivity index (χ2v) is 2.63. The van der Waals surface area contributed by atoms with Gasteiger partial charge in [-0.1, -0.05) is 12.8 Å². The lowest BCUT2D eigenvalue weighted by Gasteiger charge is -2.25. The van der Waals surface area contributed by atoms with Crippen LogP contribution in [0.15, 0.2) is 0 Å². The summed E-state index contributed by atoms with van der Waals surface area (Å²) in [5.41, 5.74) is 0. The van der Waals surface area contributed by atoms with Crippen LogP contribution in [0.4, 0.5) is 0 Å². The first kappa shape index (κ1) is 7.03. The van der Waals surface area contributed by atoms with Crippen LogP contribution in [0, 0.1) is 0 Å². The molecule has 0 saturated heterocycles. The Morgan fingerprint density at radius 3 is 2.44 bits per heavy atom. The molecule has 1 aliphatic rings. The van der Waals surface area contributed by atoms with Crippen molar-refractivity contribution in [2.75, 3.05) is 7.11 Å². The fourth-order valence-corrected chi connectivity index (χ4v) is 1.35. The molecule has 1 saturated carbocycles. The number of hydrogen-bond donors (Lipinski definition) is 1. The Balaban J connectivity index is 2.30. The minimum atomic E-state index is -0.205. The third-order valence-electron chi connectivity index (χ3n) is 1.97. The van der Waals surface area contributed by atoms with Crippen molar-refractivity contribution in [3.8, 4) is 0 Å². The maximum absolute atomic E-state index is 9.24. The topological polar surface area (TPSA) is 29.5 Å². The summed E-state index contributed by atoms with van der Waals surface area (Å²) in [6, 6.07) is 0. The molecule has 0 radical (unpaired) electrons. The Labute approximate surface area is 55.8 Å². The van der Waals surface area contributed by atoms with Crippen LogP contribution in [0.1, 0.15) is 25.7 Å². The first-order valence-corrected chi connectivity index (χ1v) is 3.55. The Morgan fingerprint density at radius 2 is 2.00 bits per heavy atom. The van der Waals surface area contributed by atoms with E-state index in [1.54, 1.807) is 7.11 Å². The maximum atomic E-state index is 9.24. The van der Waals surface area contributed by atoms with Gasteiger partial charge in [0.05, 0.1) is 12.2 Å². The Hall–Kier alpha value is -0.0800. The van der Waals surface area contributed by atoms with Crippen molar-refractivity contribution in [3.05, 3.63) is 0 Å². The summed E-state index contributed by atoms with van der Waals surface area (Å²) < 4.78 is 5.05. The third-order valence-corrected chi connectivity index (χ3v) is 1.97. The Morgan fingerprint density at radius 1 is 1.33 bits per heavy atom. The van der Waals surface area contributed by atoms with E-state index in [0.717, 1.165) is 19.3 Å². The molecule has 9 heavy (non-hydrogen) atoms. The molecule has 0 spiro atoms. The molecule has 0 heterocycles. The van der Waals surface area contributed by atoms with Gasteiger partial charge in [0, 0.05) is 7.11 Å². The van der Waals surface area contributed by atoms with E-state index in [0.29, 0.717) is 0 Å². The summed E-state index contributed by atoms with van der Waals surface area (Å²) in [6.45, 7) is 0. The minimum absolute atomic E-state index is 0.110. The van der Waals surface area contributed by atoms with Gasteiger partial charge >= 0.3 is 0 Å². The highest BCUT2D eigenvalue weighted by molar-refractivity contribution is 4.73. The molecule has 2 heteroatoms. The van der Waals surface area contributed by atoms with Gasteiger partial charge in [0.15, 0.2) is 0 Å². The number of hydrogen-bond acceptors (Lipinski definition) is 2. The van der Waals surface area contributed by atoms with E-state index >= 15 is 0 Å². The van der Waals surface area contributed by atoms with Crippen molar-refractivity contribution < 1.29 is 9.84 Å². The van der Waals surface area contributed by atoms with Crippen LogP contribution < -0.4 is 0 Å². The summed E-state index contributed by atoms with van der Waals surface area (Å²) >= 11 is 0. The number of ether oxygens (including phenoxy) is 1. The lowest BCUT2D eigenvalue weighted by molar-refractivity contribution is -0.0359. The van der Waals surface area contributed by atoms with Gasteiger partial charge in [-0.3, -0.25) is 0 Å². The molecular weight excluding hydrogens is 116 g/mol. The molecule has 0 unspecified atom stereocenters. The molecule has 2 atom stereocenters. The van der Waals surface area contributed by atoms with Crippen molar-refractivity contribution in [3.63, 3.8) is 0 Å². The Kier molecular flexibility index (Phi) is 2.49. The molecule has 2 nitrogen and oxygen atoms in total. The number of aliphatic hydroxyl groups excluding tert-OH is 1. The van der Waals surface area contributed by atoms with E-state index in [1.165, 1.54) is 6.42 Å². The van der Waals surface area contributed by atoms with Crippen LogP contribution in [0.5, 0.6) is 0 Å². The second-order valence-electron chi connectivity index (χ2n) is 2.63. The van der Waals surface area contributed by atoms with E-state index in [2.05, 4.69) is 0 Å². The van der Waals surface area contributed by atoms with Gasteiger partial charge in [-0.25, -0.2) is 0 Å². The molecule has 54 valence electrons. The zero-order valence-electron chi connectivity index (χ0n) is 5.84. The fourth-order valence-electron chi connectivity index (χ4n) is 1.35. The van der Waals surface area contributed by atoms with Crippen molar-refractivity contribution in [1.82, 2.24) is 0 Å². The number of rotatable bonds is 1. The monoisotopic (exact) mass is 130 g/mol. The molecule has 0 aliphatic heterocycles. The lowest BCUT2D eigenvalue weighted by atomic mass is 9.95. The van der Waals surface area contributed by atoms with Gasteiger partial charge in [-0.05, 0) is 12.8 Å². The average Bonchev–Trinajstić information content (AvgIpc) is 1.89. The molecule has 1 aliphatic carbocycles. The van der Waals surface area contributed by atoms with Crippen molar-refractivity contribution in [2.24, 2.45) is 0 Å². The molecule has 1 rings (SSSR count). The van der Waals surface area contributed by atoms with Gasteiger partial charge in [0.25, 0.3) is 0 Å². The van der Waals surface area contributed by atoms with Gasteiger partial charge in [0.1, 0.15) is 0 Å². The predicted molar refractivity (Wildman–Crippen MR) is 35.3 cm³/mol. The zero-order chi connectivity index (χ0) is 6.69. The number of aliphatic hydroxyl groups is 1. The molecule has 0 bridgehead atoms. The van der Waals surface area contributed by atoms with Crippen molar-refractivity contribution in [1.29, 1.82) is 0 Å². The highest BCUT2D eigenvalue weighted by Crippen LogP contribution is 2.19. The van der Waals surface area contributed by atoms with Crippen molar-refractivity contribution in [2.45, 2.75) is 37.9 Å². The third kappa shape index (κ3) is 1.66. The summed E-state index contributed by atoms with van der Waals surface area (Å²) in [6.07, 6.45) is 4.20. The summed E-state index contributed by atoms with van der Waals surface area (Å²) in [5, 5.41) is 9.24. The normalized spacial score (nSPS) is 36.7. The summed E-state index contributed by atoms with van der Waals surface area (Å²) in [5.74, 6) is 0. The van der Waals surface area contributed by atoms with E-state index in [-0.39, 0.29) is 12.2 Å². The van der Waals surface area contributed by atoms with E-state index in [4.69, 9.17) is 4.74 Å². The van der Waals surface area contributed by atoms with Gasteiger partial charge in [-0.15, -0.1) is 0 Å². The highest BCUT2D eigenvalue weighted by Gasteiger charge is 2.21. The minimum Gasteiger partial charge on any atom is -0.390 e. The van der Waals surface area contributed by atoms with Crippen LogP contribution in [0.25, 0.3) is 0 Å². The smallest absolute Gasteiger partial charge is 0.0830 e. The van der Waals surface area contributed by atoms with E-state index in [9.17, 15) is 5.11 Å². The van der Waals surface area contributed by atoms with Gasteiger partial charge in [-0.2, -0.15) is 0 Å².